The highest BCUT2D eigenvalue weighted by Crippen LogP contribution is 2.39. The third kappa shape index (κ3) is 2.95. The Morgan fingerprint density at radius 1 is 1.08 bits per heavy atom. The van der Waals surface area contributed by atoms with Crippen molar-refractivity contribution in [1.82, 2.24) is 30.4 Å². The van der Waals surface area contributed by atoms with Crippen LogP contribution in [0.1, 0.15) is 24.5 Å². The van der Waals surface area contributed by atoms with Gasteiger partial charge in [-0.15, -0.1) is 0 Å². The van der Waals surface area contributed by atoms with Crippen molar-refractivity contribution in [2.45, 2.75) is 18.8 Å². The molecule has 1 aliphatic carbocycles. The van der Waals surface area contributed by atoms with Crippen LogP contribution in [0.2, 0.25) is 5.02 Å². The van der Waals surface area contributed by atoms with E-state index in [-0.39, 0.29) is 0 Å². The Balaban J connectivity index is 1.38. The van der Waals surface area contributed by atoms with Gasteiger partial charge < -0.3 is 10.6 Å². The quantitative estimate of drug-likeness (QED) is 0.423. The minimum atomic E-state index is 0.428. The van der Waals surface area contributed by atoms with E-state index in [0.717, 1.165) is 22.3 Å². The lowest BCUT2D eigenvalue weighted by atomic mass is 10.2. The molecule has 0 atom stereocenters. The second-order valence-corrected chi connectivity index (χ2v) is 6.70. The molecule has 0 aliphatic heterocycles. The van der Waals surface area contributed by atoms with E-state index in [4.69, 9.17) is 11.6 Å². The van der Waals surface area contributed by atoms with Crippen LogP contribution < -0.4 is 10.6 Å². The van der Waals surface area contributed by atoms with E-state index < -0.39 is 0 Å². The molecule has 0 amide bonds. The maximum Gasteiger partial charge on any atom is 0.229 e. The fraction of sp³-hybridized carbons (Fsp3) is 0.176. The molecule has 26 heavy (non-hydrogen) atoms. The summed E-state index contributed by atoms with van der Waals surface area (Å²) < 4.78 is 0. The molecule has 1 aromatic carbocycles. The van der Waals surface area contributed by atoms with E-state index in [1.54, 1.807) is 12.4 Å². The number of hydrogen-bond donors (Lipinski definition) is 4. The molecule has 3 aromatic heterocycles. The normalized spacial score (nSPS) is 13.9. The largest absolute Gasteiger partial charge is 0.324 e. The number of rotatable bonds is 5. The lowest BCUT2D eigenvalue weighted by Gasteiger charge is -2.08. The standard InChI is InChI=1S/C17H15ClN8/c18-12-8-19-17(21-11-3-4-13-10(5-11)7-20-24-13)23-16(12)22-15-6-14(25-26-15)9-1-2-9/h3-9H,1-2H2,(H,20,24)(H3,19,21,22,23,25,26). The lowest BCUT2D eigenvalue weighted by molar-refractivity contribution is 0.966. The summed E-state index contributed by atoms with van der Waals surface area (Å²) in [4.78, 5) is 8.70. The zero-order chi connectivity index (χ0) is 17.5. The van der Waals surface area contributed by atoms with Crippen molar-refractivity contribution in [3.05, 3.63) is 47.4 Å². The lowest BCUT2D eigenvalue weighted by Crippen LogP contribution is -2.01. The number of anilines is 4. The molecule has 1 saturated carbocycles. The average molecular weight is 367 g/mol. The summed E-state index contributed by atoms with van der Waals surface area (Å²) in [5.74, 6) is 2.24. The molecular formula is C17H15ClN8. The third-order valence-corrected chi connectivity index (χ3v) is 4.58. The predicted molar refractivity (Wildman–Crippen MR) is 100 cm³/mol. The number of fused-ring (bicyclic) bond motifs is 1. The minimum absolute atomic E-state index is 0.428. The van der Waals surface area contributed by atoms with Gasteiger partial charge in [0.1, 0.15) is 5.02 Å². The Labute approximate surface area is 153 Å². The van der Waals surface area contributed by atoms with Crippen LogP contribution in [0.3, 0.4) is 0 Å². The van der Waals surface area contributed by atoms with E-state index >= 15 is 0 Å². The van der Waals surface area contributed by atoms with Crippen LogP contribution in [0, 0.1) is 0 Å². The number of H-pyrrole nitrogens is 2. The molecule has 4 N–H and O–H groups in total. The highest BCUT2D eigenvalue weighted by molar-refractivity contribution is 6.32. The van der Waals surface area contributed by atoms with E-state index in [2.05, 4.69) is 41.0 Å². The van der Waals surface area contributed by atoms with Crippen molar-refractivity contribution in [2.75, 3.05) is 10.6 Å². The zero-order valence-electron chi connectivity index (χ0n) is 13.6. The Kier molecular flexibility index (Phi) is 3.49. The van der Waals surface area contributed by atoms with Gasteiger partial charge in [0.15, 0.2) is 11.6 Å². The van der Waals surface area contributed by atoms with Crippen LogP contribution in [0.4, 0.5) is 23.3 Å². The third-order valence-electron chi connectivity index (χ3n) is 4.30. The van der Waals surface area contributed by atoms with Crippen molar-refractivity contribution >= 4 is 45.8 Å². The summed E-state index contributed by atoms with van der Waals surface area (Å²) in [6.45, 7) is 0. The molecule has 4 aromatic rings. The Bertz CT molecular complexity index is 1080. The average Bonchev–Trinajstić information content (AvgIpc) is 3.21. The molecule has 0 radical (unpaired) electrons. The van der Waals surface area contributed by atoms with Crippen molar-refractivity contribution in [3.63, 3.8) is 0 Å². The number of halogens is 1. The van der Waals surface area contributed by atoms with Crippen LogP contribution in [-0.2, 0) is 0 Å². The molecule has 0 unspecified atom stereocenters. The molecule has 5 rings (SSSR count). The van der Waals surface area contributed by atoms with Crippen molar-refractivity contribution in [1.29, 1.82) is 0 Å². The molecule has 0 bridgehead atoms. The summed E-state index contributed by atoms with van der Waals surface area (Å²) >= 11 is 6.23. The SMILES string of the molecule is Clc1cnc(Nc2ccc3[nH]ncc3c2)nc1Nc1cc(C2CC2)[nH]n1. The topological polar surface area (TPSA) is 107 Å². The number of hydrogen-bond acceptors (Lipinski definition) is 6. The van der Waals surface area contributed by atoms with E-state index in [0.29, 0.717) is 28.5 Å². The van der Waals surface area contributed by atoms with Crippen LogP contribution in [0.15, 0.2) is 36.7 Å². The van der Waals surface area contributed by atoms with Gasteiger partial charge in [-0.2, -0.15) is 15.2 Å². The maximum absolute atomic E-state index is 6.23. The van der Waals surface area contributed by atoms with Gasteiger partial charge in [-0.25, -0.2) is 4.98 Å². The summed E-state index contributed by atoms with van der Waals surface area (Å²) in [7, 11) is 0. The molecule has 0 saturated heterocycles. The van der Waals surface area contributed by atoms with E-state index in [1.807, 2.05) is 24.3 Å². The van der Waals surface area contributed by atoms with Crippen molar-refractivity contribution < 1.29 is 0 Å². The Morgan fingerprint density at radius 2 is 2.00 bits per heavy atom. The fourth-order valence-electron chi connectivity index (χ4n) is 2.79. The first-order valence-corrected chi connectivity index (χ1v) is 8.67. The first-order chi connectivity index (χ1) is 12.7. The summed E-state index contributed by atoms with van der Waals surface area (Å²) in [5.41, 5.74) is 2.98. The number of aromatic nitrogens is 6. The first kappa shape index (κ1) is 15.2. The van der Waals surface area contributed by atoms with Gasteiger partial charge in [-0.3, -0.25) is 10.2 Å². The van der Waals surface area contributed by atoms with Gasteiger partial charge in [0.25, 0.3) is 0 Å². The van der Waals surface area contributed by atoms with Gasteiger partial charge in [0.05, 0.1) is 17.9 Å². The minimum Gasteiger partial charge on any atom is -0.324 e. The summed E-state index contributed by atoms with van der Waals surface area (Å²) in [6.07, 6.45) is 5.76. The van der Waals surface area contributed by atoms with E-state index in [1.165, 1.54) is 12.8 Å². The van der Waals surface area contributed by atoms with Gasteiger partial charge in [0.2, 0.25) is 5.95 Å². The van der Waals surface area contributed by atoms with Gasteiger partial charge >= 0.3 is 0 Å². The number of nitrogens with zero attached hydrogens (tertiary/aromatic N) is 4. The zero-order valence-corrected chi connectivity index (χ0v) is 14.4. The highest BCUT2D eigenvalue weighted by atomic mass is 35.5. The molecular weight excluding hydrogens is 352 g/mol. The number of benzene rings is 1. The van der Waals surface area contributed by atoms with Gasteiger partial charge in [-0.05, 0) is 31.0 Å². The second-order valence-electron chi connectivity index (χ2n) is 6.29. The van der Waals surface area contributed by atoms with Crippen LogP contribution in [0.5, 0.6) is 0 Å². The maximum atomic E-state index is 6.23. The molecule has 130 valence electrons. The summed E-state index contributed by atoms with van der Waals surface area (Å²) in [5, 5.41) is 22.0. The van der Waals surface area contributed by atoms with Gasteiger partial charge in [0, 0.05) is 28.8 Å². The molecule has 1 aliphatic rings. The second kappa shape index (κ2) is 5.99. The molecule has 8 nitrogen and oxygen atoms in total. The van der Waals surface area contributed by atoms with Gasteiger partial charge in [-0.1, -0.05) is 11.6 Å². The van der Waals surface area contributed by atoms with Crippen LogP contribution >= 0.6 is 11.6 Å². The van der Waals surface area contributed by atoms with Crippen molar-refractivity contribution in [3.8, 4) is 0 Å². The number of aromatic amines is 2. The molecule has 1 fully saturated rings. The van der Waals surface area contributed by atoms with Crippen LogP contribution in [-0.4, -0.2) is 30.4 Å². The fourth-order valence-corrected chi connectivity index (χ4v) is 2.93. The summed E-state index contributed by atoms with van der Waals surface area (Å²) in [6, 6.07) is 7.85. The van der Waals surface area contributed by atoms with E-state index in [9.17, 15) is 0 Å². The highest BCUT2D eigenvalue weighted by Gasteiger charge is 2.25. The Hall–Kier alpha value is -3.13. The Morgan fingerprint density at radius 3 is 2.88 bits per heavy atom. The number of nitrogens with one attached hydrogen (secondary N) is 4. The molecule has 0 spiro atoms. The monoisotopic (exact) mass is 366 g/mol. The first-order valence-electron chi connectivity index (χ1n) is 8.29. The van der Waals surface area contributed by atoms with Crippen LogP contribution in [0.25, 0.3) is 10.9 Å². The smallest absolute Gasteiger partial charge is 0.229 e. The molecule has 9 heteroatoms. The predicted octanol–water partition coefficient (Wildman–Crippen LogP) is 4.09. The van der Waals surface area contributed by atoms with Crippen molar-refractivity contribution in [2.24, 2.45) is 0 Å². The molecule has 3 heterocycles.